The maximum Gasteiger partial charge on any atom is 0.205 e. The van der Waals surface area contributed by atoms with Crippen LogP contribution in [0.15, 0.2) is 6.33 Å². The van der Waals surface area contributed by atoms with Crippen LogP contribution in [-0.4, -0.2) is 35.0 Å². The standard InChI is InChI=1S/C9H16N4S/c1-2-10-6-8-4-3-5-13(8)9-11-7-12-14-9/h7-8,10H,2-6H2,1H3. The Morgan fingerprint density at radius 2 is 2.64 bits per heavy atom. The van der Waals surface area contributed by atoms with Gasteiger partial charge in [-0.1, -0.05) is 6.92 Å². The molecule has 1 aromatic rings. The third-order valence-corrected chi connectivity index (χ3v) is 3.31. The predicted molar refractivity (Wildman–Crippen MR) is 58.8 cm³/mol. The number of aromatic nitrogens is 2. The fourth-order valence-corrected chi connectivity index (χ4v) is 2.53. The summed E-state index contributed by atoms with van der Waals surface area (Å²) in [4.78, 5) is 6.64. The van der Waals surface area contributed by atoms with E-state index in [0.29, 0.717) is 6.04 Å². The van der Waals surface area contributed by atoms with Crippen molar-refractivity contribution in [1.29, 1.82) is 0 Å². The SMILES string of the molecule is CCNCC1CCCN1c1ncns1. The molecule has 1 fully saturated rings. The van der Waals surface area contributed by atoms with Gasteiger partial charge in [-0.05, 0) is 19.4 Å². The largest absolute Gasteiger partial charge is 0.343 e. The maximum atomic E-state index is 4.26. The van der Waals surface area contributed by atoms with Gasteiger partial charge in [0.05, 0.1) is 0 Å². The lowest BCUT2D eigenvalue weighted by molar-refractivity contribution is 0.587. The molecule has 2 rings (SSSR count). The van der Waals surface area contributed by atoms with Crippen LogP contribution in [0.2, 0.25) is 0 Å². The zero-order valence-electron chi connectivity index (χ0n) is 8.44. The molecule has 0 aromatic carbocycles. The lowest BCUT2D eigenvalue weighted by atomic mass is 10.2. The van der Waals surface area contributed by atoms with Gasteiger partial charge in [0, 0.05) is 30.7 Å². The molecule has 2 heterocycles. The molecule has 1 aliphatic heterocycles. The fourth-order valence-electron chi connectivity index (χ4n) is 1.90. The molecule has 0 aliphatic carbocycles. The second kappa shape index (κ2) is 4.70. The molecule has 1 atom stereocenters. The van der Waals surface area contributed by atoms with Crippen LogP contribution in [0.4, 0.5) is 5.13 Å². The van der Waals surface area contributed by atoms with Crippen molar-refractivity contribution >= 4 is 16.7 Å². The monoisotopic (exact) mass is 212 g/mol. The van der Waals surface area contributed by atoms with Gasteiger partial charge in [0.15, 0.2) is 0 Å². The van der Waals surface area contributed by atoms with Crippen molar-refractivity contribution < 1.29 is 0 Å². The van der Waals surface area contributed by atoms with Crippen LogP contribution in [0.5, 0.6) is 0 Å². The highest BCUT2D eigenvalue weighted by Crippen LogP contribution is 2.25. The molecule has 0 amide bonds. The van der Waals surface area contributed by atoms with Gasteiger partial charge >= 0.3 is 0 Å². The molecule has 4 nitrogen and oxygen atoms in total. The minimum absolute atomic E-state index is 0.614. The van der Waals surface area contributed by atoms with Gasteiger partial charge < -0.3 is 10.2 Å². The molecule has 5 heteroatoms. The molecule has 1 unspecified atom stereocenters. The third kappa shape index (κ3) is 2.04. The van der Waals surface area contributed by atoms with Gasteiger partial charge in [-0.25, -0.2) is 4.98 Å². The van der Waals surface area contributed by atoms with Crippen molar-refractivity contribution in [2.24, 2.45) is 0 Å². The van der Waals surface area contributed by atoms with Gasteiger partial charge in [-0.3, -0.25) is 0 Å². The number of nitrogens with one attached hydrogen (secondary N) is 1. The first-order valence-electron chi connectivity index (χ1n) is 5.16. The number of hydrogen-bond donors (Lipinski definition) is 1. The second-order valence-electron chi connectivity index (χ2n) is 3.52. The Morgan fingerprint density at radius 3 is 3.36 bits per heavy atom. The van der Waals surface area contributed by atoms with Crippen LogP contribution in [0.1, 0.15) is 19.8 Å². The molecule has 0 radical (unpaired) electrons. The molecule has 1 N–H and O–H groups in total. The zero-order valence-corrected chi connectivity index (χ0v) is 9.26. The fraction of sp³-hybridized carbons (Fsp3) is 0.778. The Labute approximate surface area is 88.5 Å². The molecular weight excluding hydrogens is 196 g/mol. The van der Waals surface area contributed by atoms with Crippen molar-refractivity contribution in [1.82, 2.24) is 14.7 Å². The molecule has 1 saturated heterocycles. The van der Waals surface area contributed by atoms with Crippen LogP contribution >= 0.6 is 11.5 Å². The van der Waals surface area contributed by atoms with Crippen molar-refractivity contribution in [2.75, 3.05) is 24.5 Å². The Morgan fingerprint density at radius 1 is 1.71 bits per heavy atom. The third-order valence-electron chi connectivity index (χ3n) is 2.60. The van der Waals surface area contributed by atoms with E-state index in [1.807, 2.05) is 0 Å². The lowest BCUT2D eigenvalue weighted by Crippen LogP contribution is -2.37. The Kier molecular flexibility index (Phi) is 3.31. The highest BCUT2D eigenvalue weighted by atomic mass is 32.1. The summed E-state index contributed by atoms with van der Waals surface area (Å²) >= 11 is 1.49. The highest BCUT2D eigenvalue weighted by Gasteiger charge is 2.25. The number of rotatable bonds is 4. The summed E-state index contributed by atoms with van der Waals surface area (Å²) in [6.45, 7) is 5.38. The Bertz CT molecular complexity index is 262. The smallest absolute Gasteiger partial charge is 0.205 e. The maximum absolute atomic E-state index is 4.26. The summed E-state index contributed by atoms with van der Waals surface area (Å²) in [5.41, 5.74) is 0. The van der Waals surface area contributed by atoms with E-state index in [0.717, 1.165) is 24.8 Å². The zero-order chi connectivity index (χ0) is 9.80. The lowest BCUT2D eigenvalue weighted by Gasteiger charge is -2.23. The van der Waals surface area contributed by atoms with E-state index < -0.39 is 0 Å². The molecule has 1 aromatic heterocycles. The predicted octanol–water partition coefficient (Wildman–Crippen LogP) is 1.12. The van der Waals surface area contributed by atoms with Crippen LogP contribution in [0.3, 0.4) is 0 Å². The normalized spacial score (nSPS) is 21.8. The summed E-state index contributed by atoms with van der Waals surface area (Å²) in [6.07, 6.45) is 4.19. The van der Waals surface area contributed by atoms with E-state index in [1.54, 1.807) is 6.33 Å². The molecular formula is C9H16N4S. The van der Waals surface area contributed by atoms with Crippen LogP contribution in [0, 0.1) is 0 Å². The summed E-state index contributed by atoms with van der Waals surface area (Å²) < 4.78 is 4.05. The van der Waals surface area contributed by atoms with Gasteiger partial charge in [0.1, 0.15) is 6.33 Å². The van der Waals surface area contributed by atoms with Crippen molar-refractivity contribution in [2.45, 2.75) is 25.8 Å². The number of anilines is 1. The summed E-state index contributed by atoms with van der Waals surface area (Å²) in [7, 11) is 0. The molecule has 78 valence electrons. The minimum Gasteiger partial charge on any atom is -0.343 e. The van der Waals surface area contributed by atoms with E-state index in [1.165, 1.54) is 24.4 Å². The first-order chi connectivity index (χ1) is 6.92. The second-order valence-corrected chi connectivity index (χ2v) is 4.28. The Balaban J connectivity index is 1.97. The number of hydrogen-bond acceptors (Lipinski definition) is 5. The van der Waals surface area contributed by atoms with Gasteiger partial charge in [-0.2, -0.15) is 4.37 Å². The number of nitrogens with zero attached hydrogens (tertiary/aromatic N) is 3. The first-order valence-corrected chi connectivity index (χ1v) is 5.93. The molecule has 0 spiro atoms. The van der Waals surface area contributed by atoms with E-state index in [9.17, 15) is 0 Å². The molecule has 0 saturated carbocycles. The first kappa shape index (κ1) is 9.86. The Hall–Kier alpha value is -0.680. The van der Waals surface area contributed by atoms with Crippen LogP contribution < -0.4 is 10.2 Å². The number of likely N-dealkylation sites (N-methyl/N-ethyl adjacent to an activating group) is 1. The highest BCUT2D eigenvalue weighted by molar-refractivity contribution is 7.09. The quantitative estimate of drug-likeness (QED) is 0.812. The van der Waals surface area contributed by atoms with Crippen molar-refractivity contribution in [3.63, 3.8) is 0 Å². The molecule has 0 bridgehead atoms. The molecule has 14 heavy (non-hydrogen) atoms. The van der Waals surface area contributed by atoms with E-state index in [2.05, 4.69) is 26.5 Å². The van der Waals surface area contributed by atoms with Crippen molar-refractivity contribution in [3.8, 4) is 0 Å². The van der Waals surface area contributed by atoms with Gasteiger partial charge in [-0.15, -0.1) is 0 Å². The molecule has 1 aliphatic rings. The van der Waals surface area contributed by atoms with Crippen LogP contribution in [-0.2, 0) is 0 Å². The van der Waals surface area contributed by atoms with Crippen LogP contribution in [0.25, 0.3) is 0 Å². The minimum atomic E-state index is 0.614. The van der Waals surface area contributed by atoms with Crippen molar-refractivity contribution in [3.05, 3.63) is 6.33 Å². The summed E-state index contributed by atoms with van der Waals surface area (Å²) in [5, 5.41) is 4.47. The van der Waals surface area contributed by atoms with Gasteiger partial charge in [0.2, 0.25) is 5.13 Å². The average molecular weight is 212 g/mol. The topological polar surface area (TPSA) is 41.0 Å². The van der Waals surface area contributed by atoms with E-state index in [4.69, 9.17) is 0 Å². The van der Waals surface area contributed by atoms with E-state index >= 15 is 0 Å². The summed E-state index contributed by atoms with van der Waals surface area (Å²) in [5.74, 6) is 0. The van der Waals surface area contributed by atoms with Gasteiger partial charge in [0.25, 0.3) is 0 Å². The summed E-state index contributed by atoms with van der Waals surface area (Å²) in [6, 6.07) is 0.614. The average Bonchev–Trinajstić information content (AvgIpc) is 2.84. The van der Waals surface area contributed by atoms with E-state index in [-0.39, 0.29) is 0 Å².